The first kappa shape index (κ1) is 19.3. The molecule has 0 saturated carbocycles. The summed E-state index contributed by atoms with van der Waals surface area (Å²) >= 11 is 0. The highest BCUT2D eigenvalue weighted by atomic mass is 16.6. The van der Waals surface area contributed by atoms with Gasteiger partial charge in [-0.1, -0.05) is 43.2 Å². The minimum absolute atomic E-state index is 0.0865. The van der Waals surface area contributed by atoms with E-state index >= 15 is 0 Å². The average molecular weight is 378 g/mol. The minimum Gasteiger partial charge on any atom is -0.434 e. The summed E-state index contributed by atoms with van der Waals surface area (Å²) in [5.74, 6) is 0.452. The van der Waals surface area contributed by atoms with Gasteiger partial charge in [0.1, 0.15) is 12.1 Å². The fraction of sp³-hybridized carbons (Fsp3) is 0.238. The molecule has 3 rings (SSSR count). The summed E-state index contributed by atoms with van der Waals surface area (Å²) in [5, 5.41) is 14.7. The van der Waals surface area contributed by atoms with Crippen molar-refractivity contribution in [1.82, 2.24) is 9.97 Å². The highest BCUT2D eigenvalue weighted by Gasteiger charge is 2.25. The van der Waals surface area contributed by atoms with Gasteiger partial charge in [-0.3, -0.25) is 10.1 Å². The summed E-state index contributed by atoms with van der Waals surface area (Å²) in [6.07, 6.45) is 4.52. The van der Waals surface area contributed by atoms with Gasteiger partial charge in [-0.2, -0.15) is 4.98 Å². The number of ether oxygens (including phenoxy) is 1. The second-order valence-electron chi connectivity index (χ2n) is 6.47. The fourth-order valence-electron chi connectivity index (χ4n) is 2.68. The lowest BCUT2D eigenvalue weighted by Crippen LogP contribution is -2.03. The number of nitrogens with one attached hydrogen (secondary N) is 1. The molecule has 0 bridgehead atoms. The van der Waals surface area contributed by atoms with Crippen LogP contribution in [0.2, 0.25) is 0 Å². The Kier molecular flexibility index (Phi) is 6.16. The SMILES string of the molecule is CCCCc1ccc(Nc2ncnc(Oc3ccc(C)cc3)c2[N+](=O)[O-])cc1. The minimum atomic E-state index is -0.540. The predicted octanol–water partition coefficient (Wildman–Crippen LogP) is 5.57. The second-order valence-corrected chi connectivity index (χ2v) is 6.47. The summed E-state index contributed by atoms with van der Waals surface area (Å²) in [5.41, 5.74) is 2.70. The monoisotopic (exact) mass is 378 g/mol. The number of hydrogen-bond acceptors (Lipinski definition) is 6. The summed E-state index contributed by atoms with van der Waals surface area (Å²) in [4.78, 5) is 19.1. The highest BCUT2D eigenvalue weighted by Crippen LogP contribution is 2.35. The first-order chi connectivity index (χ1) is 13.6. The standard InChI is InChI=1S/C21H22N4O3/c1-3-4-5-16-8-10-17(11-9-16)24-20-19(25(26)27)21(23-14-22-20)28-18-12-6-15(2)7-13-18/h6-14H,3-5H2,1-2H3,(H,22,23,24). The van der Waals surface area contributed by atoms with Crippen LogP contribution in [0.3, 0.4) is 0 Å². The van der Waals surface area contributed by atoms with E-state index in [1.165, 1.54) is 11.9 Å². The molecule has 0 fully saturated rings. The number of aromatic nitrogens is 2. The quantitative estimate of drug-likeness (QED) is 0.407. The summed E-state index contributed by atoms with van der Waals surface area (Å²) < 4.78 is 5.63. The zero-order chi connectivity index (χ0) is 19.9. The Morgan fingerprint density at radius 3 is 2.43 bits per heavy atom. The number of anilines is 2. The maximum Gasteiger partial charge on any atom is 0.373 e. The van der Waals surface area contributed by atoms with Crippen molar-refractivity contribution < 1.29 is 9.66 Å². The first-order valence-electron chi connectivity index (χ1n) is 9.16. The lowest BCUT2D eigenvalue weighted by Gasteiger charge is -2.10. The molecule has 0 radical (unpaired) electrons. The molecule has 0 unspecified atom stereocenters. The van der Waals surface area contributed by atoms with Gasteiger partial charge in [-0.25, -0.2) is 4.98 Å². The molecule has 0 spiro atoms. The van der Waals surface area contributed by atoms with Gasteiger partial charge in [-0.15, -0.1) is 0 Å². The van der Waals surface area contributed by atoms with Crippen LogP contribution in [-0.2, 0) is 6.42 Å². The molecule has 1 heterocycles. The third kappa shape index (κ3) is 4.82. The van der Waals surface area contributed by atoms with E-state index in [2.05, 4.69) is 22.2 Å². The number of hydrogen-bond donors (Lipinski definition) is 1. The molecule has 0 aliphatic rings. The van der Waals surface area contributed by atoms with Crippen LogP contribution in [0.5, 0.6) is 11.6 Å². The molecule has 0 atom stereocenters. The summed E-state index contributed by atoms with van der Waals surface area (Å²) in [7, 11) is 0. The van der Waals surface area contributed by atoms with Crippen molar-refractivity contribution in [3.63, 3.8) is 0 Å². The molecule has 3 aromatic rings. The Balaban J connectivity index is 1.84. The van der Waals surface area contributed by atoms with Crippen molar-refractivity contribution in [2.24, 2.45) is 0 Å². The van der Waals surface area contributed by atoms with E-state index < -0.39 is 4.92 Å². The van der Waals surface area contributed by atoms with Crippen molar-refractivity contribution in [3.8, 4) is 11.6 Å². The van der Waals surface area contributed by atoms with E-state index in [0.717, 1.165) is 24.8 Å². The van der Waals surface area contributed by atoms with E-state index in [1.54, 1.807) is 12.1 Å². The van der Waals surface area contributed by atoms with E-state index in [9.17, 15) is 10.1 Å². The molecule has 7 nitrogen and oxygen atoms in total. The van der Waals surface area contributed by atoms with Gasteiger partial charge in [0, 0.05) is 5.69 Å². The van der Waals surface area contributed by atoms with Crippen molar-refractivity contribution >= 4 is 17.2 Å². The van der Waals surface area contributed by atoms with Crippen LogP contribution >= 0.6 is 0 Å². The van der Waals surface area contributed by atoms with Crippen LogP contribution in [-0.4, -0.2) is 14.9 Å². The van der Waals surface area contributed by atoms with E-state index in [-0.39, 0.29) is 17.4 Å². The highest BCUT2D eigenvalue weighted by molar-refractivity contribution is 5.68. The maximum atomic E-state index is 11.7. The topological polar surface area (TPSA) is 90.2 Å². The Hall–Kier alpha value is -3.48. The van der Waals surface area contributed by atoms with Gasteiger partial charge in [-0.05, 0) is 49.6 Å². The number of benzene rings is 2. The van der Waals surface area contributed by atoms with Crippen molar-refractivity contribution in [3.05, 3.63) is 76.1 Å². The average Bonchev–Trinajstić information content (AvgIpc) is 2.69. The lowest BCUT2D eigenvalue weighted by atomic mass is 10.1. The fourth-order valence-corrected chi connectivity index (χ4v) is 2.68. The van der Waals surface area contributed by atoms with E-state index in [4.69, 9.17) is 4.74 Å². The molecule has 144 valence electrons. The second kappa shape index (κ2) is 8.94. The summed E-state index contributed by atoms with van der Waals surface area (Å²) in [6, 6.07) is 15.0. The van der Waals surface area contributed by atoms with Gasteiger partial charge in [0.2, 0.25) is 5.82 Å². The van der Waals surface area contributed by atoms with Gasteiger partial charge in [0.05, 0.1) is 4.92 Å². The number of nitrogens with zero attached hydrogens (tertiary/aromatic N) is 3. The number of unbranched alkanes of at least 4 members (excludes halogenated alkanes) is 1. The molecule has 2 aromatic carbocycles. The van der Waals surface area contributed by atoms with Crippen LogP contribution in [0.25, 0.3) is 0 Å². The molecule has 28 heavy (non-hydrogen) atoms. The maximum absolute atomic E-state index is 11.7. The van der Waals surface area contributed by atoms with Crippen molar-refractivity contribution in [2.45, 2.75) is 33.1 Å². The molecular formula is C21H22N4O3. The Labute approximate surface area is 163 Å². The zero-order valence-corrected chi connectivity index (χ0v) is 15.9. The van der Waals surface area contributed by atoms with Crippen molar-refractivity contribution in [2.75, 3.05) is 5.32 Å². The van der Waals surface area contributed by atoms with Crippen LogP contribution < -0.4 is 10.1 Å². The van der Waals surface area contributed by atoms with Gasteiger partial charge in [0.25, 0.3) is 0 Å². The smallest absolute Gasteiger partial charge is 0.373 e. The van der Waals surface area contributed by atoms with Gasteiger partial charge in [0.15, 0.2) is 0 Å². The molecule has 7 heteroatoms. The number of rotatable bonds is 8. The van der Waals surface area contributed by atoms with E-state index in [1.807, 2.05) is 43.3 Å². The van der Waals surface area contributed by atoms with Crippen molar-refractivity contribution in [1.29, 1.82) is 0 Å². The molecule has 0 amide bonds. The van der Waals surface area contributed by atoms with Crippen LogP contribution in [0.15, 0.2) is 54.9 Å². The zero-order valence-electron chi connectivity index (χ0n) is 15.9. The molecule has 1 N–H and O–H groups in total. The molecule has 0 aliphatic heterocycles. The third-order valence-electron chi connectivity index (χ3n) is 4.24. The molecule has 0 aliphatic carbocycles. The first-order valence-corrected chi connectivity index (χ1v) is 9.16. The third-order valence-corrected chi connectivity index (χ3v) is 4.24. The van der Waals surface area contributed by atoms with Gasteiger partial charge >= 0.3 is 11.6 Å². The Morgan fingerprint density at radius 2 is 1.79 bits per heavy atom. The van der Waals surface area contributed by atoms with E-state index in [0.29, 0.717) is 11.4 Å². The molecule has 1 aromatic heterocycles. The van der Waals surface area contributed by atoms with Crippen LogP contribution in [0, 0.1) is 17.0 Å². The lowest BCUT2D eigenvalue weighted by molar-refractivity contribution is -0.385. The normalized spacial score (nSPS) is 10.5. The Bertz CT molecular complexity index is 941. The number of aryl methyl sites for hydroxylation is 2. The van der Waals surface area contributed by atoms with Crippen LogP contribution in [0.4, 0.5) is 17.2 Å². The Morgan fingerprint density at radius 1 is 1.07 bits per heavy atom. The molecular weight excluding hydrogens is 356 g/mol. The predicted molar refractivity (Wildman–Crippen MR) is 108 cm³/mol. The largest absolute Gasteiger partial charge is 0.434 e. The molecule has 0 saturated heterocycles. The van der Waals surface area contributed by atoms with Crippen LogP contribution in [0.1, 0.15) is 30.9 Å². The number of nitro groups is 1. The summed E-state index contributed by atoms with van der Waals surface area (Å²) in [6.45, 7) is 4.10. The van der Waals surface area contributed by atoms with Gasteiger partial charge < -0.3 is 10.1 Å².